The summed E-state index contributed by atoms with van der Waals surface area (Å²) in [5.41, 5.74) is -0.112. The molecule has 1 aromatic rings. The van der Waals surface area contributed by atoms with Gasteiger partial charge in [-0.2, -0.15) is 0 Å². The lowest BCUT2D eigenvalue weighted by atomic mass is 10.1. The second kappa shape index (κ2) is 5.99. The predicted molar refractivity (Wildman–Crippen MR) is 71.3 cm³/mol. The van der Waals surface area contributed by atoms with E-state index in [4.69, 9.17) is 0 Å². The van der Waals surface area contributed by atoms with Gasteiger partial charge in [-0.1, -0.05) is 12.8 Å². The number of sulfone groups is 1. The van der Waals surface area contributed by atoms with Crippen molar-refractivity contribution in [3.63, 3.8) is 0 Å². The van der Waals surface area contributed by atoms with Crippen LogP contribution in [0.3, 0.4) is 0 Å². The van der Waals surface area contributed by atoms with Gasteiger partial charge in [0.25, 0.3) is 0 Å². The zero-order valence-electron chi connectivity index (χ0n) is 10.9. The summed E-state index contributed by atoms with van der Waals surface area (Å²) in [5.74, 6) is -3.42. The monoisotopic (exact) mass is 302 g/mol. The SMILES string of the molecule is O=C(CS(=O)(=O)CC1CCCC1)c1ccc(F)c(F)c1. The summed E-state index contributed by atoms with van der Waals surface area (Å²) in [4.78, 5) is 11.8. The molecule has 0 heterocycles. The highest BCUT2D eigenvalue weighted by molar-refractivity contribution is 7.92. The number of hydrogen-bond donors (Lipinski definition) is 0. The highest BCUT2D eigenvalue weighted by Crippen LogP contribution is 2.26. The minimum atomic E-state index is -3.50. The van der Waals surface area contributed by atoms with Crippen LogP contribution in [0.15, 0.2) is 18.2 Å². The molecule has 3 nitrogen and oxygen atoms in total. The van der Waals surface area contributed by atoms with Crippen LogP contribution in [0.25, 0.3) is 0 Å². The van der Waals surface area contributed by atoms with Crippen LogP contribution in [0.2, 0.25) is 0 Å². The van der Waals surface area contributed by atoms with Crippen molar-refractivity contribution in [1.82, 2.24) is 0 Å². The van der Waals surface area contributed by atoms with Crippen LogP contribution in [0, 0.1) is 17.6 Å². The molecule has 0 spiro atoms. The molecule has 0 unspecified atom stereocenters. The van der Waals surface area contributed by atoms with Gasteiger partial charge < -0.3 is 0 Å². The topological polar surface area (TPSA) is 51.2 Å². The van der Waals surface area contributed by atoms with Gasteiger partial charge in [0.05, 0.1) is 5.75 Å². The standard InChI is InChI=1S/C14H16F2O3S/c15-12-6-5-11(7-13(12)16)14(17)9-20(18,19)8-10-3-1-2-4-10/h5-7,10H,1-4,8-9H2. The average Bonchev–Trinajstić information content (AvgIpc) is 2.83. The van der Waals surface area contributed by atoms with Gasteiger partial charge in [-0.15, -0.1) is 0 Å². The highest BCUT2D eigenvalue weighted by Gasteiger charge is 2.25. The summed E-state index contributed by atoms with van der Waals surface area (Å²) in [6.07, 6.45) is 3.80. The Hall–Kier alpha value is -1.30. The fourth-order valence-electron chi connectivity index (χ4n) is 2.55. The first-order chi connectivity index (χ1) is 9.37. The molecule has 110 valence electrons. The van der Waals surface area contributed by atoms with E-state index in [-0.39, 0.29) is 17.2 Å². The Bertz CT molecular complexity index is 605. The van der Waals surface area contributed by atoms with E-state index >= 15 is 0 Å². The maximum atomic E-state index is 13.0. The van der Waals surface area contributed by atoms with Gasteiger partial charge in [-0.25, -0.2) is 17.2 Å². The van der Waals surface area contributed by atoms with E-state index in [1.165, 1.54) is 0 Å². The van der Waals surface area contributed by atoms with Crippen molar-refractivity contribution in [3.8, 4) is 0 Å². The Labute approximate surface area is 116 Å². The van der Waals surface area contributed by atoms with Crippen molar-refractivity contribution in [2.24, 2.45) is 5.92 Å². The third kappa shape index (κ3) is 3.85. The molecule has 1 fully saturated rings. The fourth-order valence-corrected chi connectivity index (χ4v) is 4.28. The molecule has 1 aliphatic carbocycles. The van der Waals surface area contributed by atoms with Crippen molar-refractivity contribution >= 4 is 15.6 Å². The summed E-state index contributed by atoms with van der Waals surface area (Å²) < 4.78 is 49.7. The Kier molecular flexibility index (Phi) is 4.52. The lowest BCUT2D eigenvalue weighted by molar-refractivity contribution is 0.102. The van der Waals surface area contributed by atoms with Gasteiger partial charge in [-0.05, 0) is 37.0 Å². The normalized spacial score (nSPS) is 16.5. The van der Waals surface area contributed by atoms with Gasteiger partial charge in [-0.3, -0.25) is 4.79 Å². The van der Waals surface area contributed by atoms with Crippen LogP contribution in [-0.2, 0) is 9.84 Å². The number of ketones is 1. The minimum Gasteiger partial charge on any atom is -0.293 e. The van der Waals surface area contributed by atoms with Crippen LogP contribution in [0.1, 0.15) is 36.0 Å². The number of benzene rings is 1. The molecule has 0 radical (unpaired) electrons. The first-order valence-corrected chi connectivity index (χ1v) is 8.38. The van der Waals surface area contributed by atoms with Gasteiger partial charge in [0.2, 0.25) is 0 Å². The lowest BCUT2D eigenvalue weighted by Gasteiger charge is -2.09. The van der Waals surface area contributed by atoms with Crippen LogP contribution in [0.5, 0.6) is 0 Å². The summed E-state index contributed by atoms with van der Waals surface area (Å²) >= 11 is 0. The molecule has 0 atom stereocenters. The van der Waals surface area contributed by atoms with Crippen LogP contribution < -0.4 is 0 Å². The molecule has 6 heteroatoms. The summed E-state index contributed by atoms with van der Waals surface area (Å²) in [6.45, 7) is 0. The van der Waals surface area contributed by atoms with Crippen molar-refractivity contribution in [1.29, 1.82) is 0 Å². The molecule has 1 saturated carbocycles. The number of Topliss-reactive ketones (excluding diaryl/α,β-unsaturated/α-hetero) is 1. The quantitative estimate of drug-likeness (QED) is 0.786. The Morgan fingerprint density at radius 1 is 1.15 bits per heavy atom. The van der Waals surface area contributed by atoms with Gasteiger partial charge in [0, 0.05) is 5.56 Å². The first-order valence-electron chi connectivity index (χ1n) is 6.56. The number of carbonyl (C=O) groups is 1. The first kappa shape index (κ1) is 15.1. The van der Waals surface area contributed by atoms with E-state index in [1.807, 2.05) is 0 Å². The van der Waals surface area contributed by atoms with E-state index in [0.717, 1.165) is 43.9 Å². The largest absolute Gasteiger partial charge is 0.293 e. The smallest absolute Gasteiger partial charge is 0.177 e. The van der Waals surface area contributed by atoms with Crippen LogP contribution in [-0.4, -0.2) is 25.7 Å². The second-order valence-electron chi connectivity index (χ2n) is 5.26. The predicted octanol–water partition coefficient (Wildman–Crippen LogP) is 2.75. The van der Waals surface area contributed by atoms with Gasteiger partial charge in [0.15, 0.2) is 27.3 Å². The molecule has 0 saturated heterocycles. The summed E-state index contributed by atoms with van der Waals surface area (Å²) in [6, 6.07) is 2.67. The second-order valence-corrected chi connectivity index (χ2v) is 7.37. The van der Waals surface area contributed by atoms with Gasteiger partial charge >= 0.3 is 0 Å². The van der Waals surface area contributed by atoms with Crippen molar-refractivity contribution in [3.05, 3.63) is 35.4 Å². The molecule has 0 aromatic heterocycles. The molecular formula is C14H16F2O3S. The molecule has 0 amide bonds. The molecule has 1 aliphatic rings. The van der Waals surface area contributed by atoms with Crippen molar-refractivity contribution in [2.45, 2.75) is 25.7 Å². The Morgan fingerprint density at radius 3 is 2.40 bits per heavy atom. The third-order valence-corrected chi connectivity index (χ3v) is 5.24. The fraction of sp³-hybridized carbons (Fsp3) is 0.500. The molecule has 1 aromatic carbocycles. The maximum absolute atomic E-state index is 13.0. The number of carbonyl (C=O) groups excluding carboxylic acids is 1. The highest BCUT2D eigenvalue weighted by atomic mass is 32.2. The number of hydrogen-bond acceptors (Lipinski definition) is 3. The minimum absolute atomic E-state index is 0.00240. The van der Waals surface area contributed by atoms with Crippen LogP contribution in [0.4, 0.5) is 8.78 Å². The molecule has 0 aliphatic heterocycles. The Balaban J connectivity index is 2.04. The van der Waals surface area contributed by atoms with E-state index in [2.05, 4.69) is 0 Å². The molecule has 2 rings (SSSR count). The van der Waals surface area contributed by atoms with Crippen molar-refractivity contribution < 1.29 is 22.0 Å². The molecule has 20 heavy (non-hydrogen) atoms. The third-order valence-electron chi connectivity index (χ3n) is 3.56. The van der Waals surface area contributed by atoms with Gasteiger partial charge in [0.1, 0.15) is 5.75 Å². The molecular weight excluding hydrogens is 286 g/mol. The molecule has 0 N–H and O–H groups in total. The van der Waals surface area contributed by atoms with E-state index in [1.54, 1.807) is 0 Å². The number of rotatable bonds is 5. The summed E-state index contributed by atoms with van der Waals surface area (Å²) in [5, 5.41) is 0. The zero-order chi connectivity index (χ0) is 14.8. The Morgan fingerprint density at radius 2 is 1.80 bits per heavy atom. The maximum Gasteiger partial charge on any atom is 0.177 e. The van der Waals surface area contributed by atoms with E-state index in [9.17, 15) is 22.0 Å². The van der Waals surface area contributed by atoms with E-state index in [0.29, 0.717) is 0 Å². The molecule has 0 bridgehead atoms. The van der Waals surface area contributed by atoms with Crippen LogP contribution >= 0.6 is 0 Å². The lowest BCUT2D eigenvalue weighted by Crippen LogP contribution is -2.22. The number of halogens is 2. The van der Waals surface area contributed by atoms with Crippen molar-refractivity contribution in [2.75, 3.05) is 11.5 Å². The summed E-state index contributed by atoms with van der Waals surface area (Å²) in [7, 11) is -3.50. The van der Waals surface area contributed by atoms with E-state index < -0.39 is 33.0 Å². The average molecular weight is 302 g/mol. The zero-order valence-corrected chi connectivity index (χ0v) is 11.8.